The Labute approximate surface area is 119 Å². The van der Waals surface area contributed by atoms with Gasteiger partial charge in [-0.2, -0.15) is 0 Å². The van der Waals surface area contributed by atoms with Crippen molar-refractivity contribution in [1.29, 1.82) is 0 Å². The monoisotopic (exact) mass is 280 g/mol. The fourth-order valence-corrected chi connectivity index (χ4v) is 4.66. The van der Waals surface area contributed by atoms with Gasteiger partial charge in [0.05, 0.1) is 5.92 Å². The molecule has 3 aliphatic rings. The minimum Gasteiger partial charge on any atom is -0.481 e. The van der Waals surface area contributed by atoms with Crippen LogP contribution in [0.5, 0.6) is 0 Å². The highest BCUT2D eigenvalue weighted by Crippen LogP contribution is 2.48. The summed E-state index contributed by atoms with van der Waals surface area (Å²) in [5.41, 5.74) is 0. The highest BCUT2D eigenvalue weighted by molar-refractivity contribution is 5.78. The van der Waals surface area contributed by atoms with Crippen molar-refractivity contribution in [2.24, 2.45) is 23.7 Å². The average Bonchev–Trinajstić information content (AvgIpc) is 3.03. The van der Waals surface area contributed by atoms with Crippen molar-refractivity contribution >= 4 is 12.0 Å². The summed E-state index contributed by atoms with van der Waals surface area (Å²) in [6, 6.07) is 0.0272. The van der Waals surface area contributed by atoms with Gasteiger partial charge in [-0.1, -0.05) is 6.92 Å². The normalized spacial score (nSPS) is 43.0. The van der Waals surface area contributed by atoms with E-state index in [-0.39, 0.29) is 30.0 Å². The zero-order chi connectivity index (χ0) is 14.4. The van der Waals surface area contributed by atoms with E-state index < -0.39 is 5.97 Å². The van der Waals surface area contributed by atoms with Crippen molar-refractivity contribution in [1.82, 2.24) is 10.2 Å². The molecule has 2 N–H and O–H groups in total. The van der Waals surface area contributed by atoms with Gasteiger partial charge in [0.25, 0.3) is 0 Å². The first kappa shape index (κ1) is 13.7. The molecule has 6 unspecified atom stereocenters. The summed E-state index contributed by atoms with van der Waals surface area (Å²) in [5.74, 6) is 0.0301. The molecule has 5 nitrogen and oxygen atoms in total. The number of nitrogens with zero attached hydrogens (tertiary/aromatic N) is 1. The Morgan fingerprint density at radius 1 is 1.15 bits per heavy atom. The maximum absolute atomic E-state index is 12.4. The van der Waals surface area contributed by atoms with Crippen molar-refractivity contribution in [2.45, 2.75) is 51.6 Å². The topological polar surface area (TPSA) is 69.6 Å². The smallest absolute Gasteiger partial charge is 0.317 e. The van der Waals surface area contributed by atoms with Crippen LogP contribution in [-0.2, 0) is 4.79 Å². The maximum atomic E-state index is 12.4. The molecule has 0 aromatic carbocycles. The molecule has 0 aromatic rings. The molecule has 6 atom stereocenters. The molecule has 0 spiro atoms. The molecule has 2 aliphatic carbocycles. The Hall–Kier alpha value is -1.26. The van der Waals surface area contributed by atoms with Gasteiger partial charge in [0.1, 0.15) is 0 Å². The second kappa shape index (κ2) is 4.93. The van der Waals surface area contributed by atoms with Crippen LogP contribution in [0.15, 0.2) is 0 Å². The molecule has 0 radical (unpaired) electrons. The van der Waals surface area contributed by atoms with Crippen LogP contribution in [0, 0.1) is 23.7 Å². The van der Waals surface area contributed by atoms with E-state index in [1.807, 2.05) is 4.90 Å². The number of fused-ring (bicyclic) bond motifs is 2. The van der Waals surface area contributed by atoms with Crippen LogP contribution in [0.25, 0.3) is 0 Å². The van der Waals surface area contributed by atoms with Crippen LogP contribution < -0.4 is 5.32 Å². The molecule has 2 saturated carbocycles. The highest BCUT2D eigenvalue weighted by atomic mass is 16.4. The SMILES string of the molecule is CC1CC(C)N(C(=O)NC2C3CCC(C3)C2C(=O)O)C1. The Balaban J connectivity index is 1.68. The van der Waals surface area contributed by atoms with E-state index in [9.17, 15) is 14.7 Å². The molecule has 112 valence electrons. The summed E-state index contributed by atoms with van der Waals surface area (Å²) >= 11 is 0. The third-order valence-electron chi connectivity index (χ3n) is 5.54. The lowest BCUT2D eigenvalue weighted by Crippen LogP contribution is -2.52. The number of amides is 2. The van der Waals surface area contributed by atoms with Crippen molar-refractivity contribution < 1.29 is 14.7 Å². The first-order valence-corrected chi connectivity index (χ1v) is 7.77. The molecule has 2 bridgehead atoms. The number of hydrogen-bond donors (Lipinski definition) is 2. The largest absolute Gasteiger partial charge is 0.481 e. The van der Waals surface area contributed by atoms with E-state index in [0.717, 1.165) is 32.2 Å². The van der Waals surface area contributed by atoms with Crippen LogP contribution in [0.2, 0.25) is 0 Å². The number of carbonyl (C=O) groups excluding carboxylic acids is 1. The van der Waals surface area contributed by atoms with Crippen molar-refractivity contribution in [2.75, 3.05) is 6.54 Å². The first-order chi connectivity index (χ1) is 9.47. The summed E-state index contributed by atoms with van der Waals surface area (Å²) < 4.78 is 0. The van der Waals surface area contributed by atoms with E-state index >= 15 is 0 Å². The van der Waals surface area contributed by atoms with Crippen molar-refractivity contribution in [3.05, 3.63) is 0 Å². The second-order valence-electron chi connectivity index (χ2n) is 7.01. The molecule has 2 amide bonds. The van der Waals surface area contributed by atoms with E-state index in [1.165, 1.54) is 0 Å². The Kier molecular flexibility index (Phi) is 3.38. The standard InChI is InChI=1S/C15H24N2O3/c1-8-5-9(2)17(7-8)15(20)16-13-11-4-3-10(6-11)12(13)14(18)19/h8-13H,3-7H2,1-2H3,(H,16,20)(H,18,19). The van der Waals surface area contributed by atoms with Gasteiger partial charge in [0, 0.05) is 18.6 Å². The molecule has 1 aliphatic heterocycles. The fraction of sp³-hybridized carbons (Fsp3) is 0.867. The van der Waals surface area contributed by atoms with Crippen LogP contribution in [0.3, 0.4) is 0 Å². The number of likely N-dealkylation sites (tertiary alicyclic amines) is 1. The number of carbonyl (C=O) groups is 2. The van der Waals surface area contributed by atoms with E-state index in [1.54, 1.807) is 0 Å². The van der Waals surface area contributed by atoms with Gasteiger partial charge in [-0.15, -0.1) is 0 Å². The molecule has 5 heteroatoms. The minimum absolute atomic E-state index is 0.0642. The van der Waals surface area contributed by atoms with Crippen molar-refractivity contribution in [3.8, 4) is 0 Å². The summed E-state index contributed by atoms with van der Waals surface area (Å²) in [5, 5.41) is 12.5. The Morgan fingerprint density at radius 3 is 2.45 bits per heavy atom. The third-order valence-corrected chi connectivity index (χ3v) is 5.54. The zero-order valence-electron chi connectivity index (χ0n) is 12.2. The van der Waals surface area contributed by atoms with E-state index in [2.05, 4.69) is 19.2 Å². The minimum atomic E-state index is -0.745. The predicted octanol–water partition coefficient (Wildman–Crippen LogP) is 1.93. The zero-order valence-corrected chi connectivity index (χ0v) is 12.2. The van der Waals surface area contributed by atoms with Gasteiger partial charge >= 0.3 is 12.0 Å². The summed E-state index contributed by atoms with van der Waals surface area (Å²) in [7, 11) is 0. The molecule has 1 saturated heterocycles. The van der Waals surface area contributed by atoms with Gasteiger partial charge in [0.15, 0.2) is 0 Å². The van der Waals surface area contributed by atoms with E-state index in [0.29, 0.717) is 11.8 Å². The van der Waals surface area contributed by atoms with Gasteiger partial charge in [0.2, 0.25) is 0 Å². The Bertz CT molecular complexity index is 425. The number of nitrogens with one attached hydrogen (secondary N) is 1. The number of urea groups is 1. The fourth-order valence-electron chi connectivity index (χ4n) is 4.66. The molecule has 1 heterocycles. The highest BCUT2D eigenvalue weighted by Gasteiger charge is 2.52. The van der Waals surface area contributed by atoms with Crippen LogP contribution in [0.1, 0.15) is 39.5 Å². The molecule has 3 fully saturated rings. The van der Waals surface area contributed by atoms with Gasteiger partial charge < -0.3 is 15.3 Å². The number of rotatable bonds is 2. The molecule has 0 aromatic heterocycles. The molecule has 3 rings (SSSR count). The number of hydrogen-bond acceptors (Lipinski definition) is 2. The van der Waals surface area contributed by atoms with Crippen LogP contribution in [0.4, 0.5) is 4.79 Å². The lowest BCUT2D eigenvalue weighted by atomic mass is 9.84. The van der Waals surface area contributed by atoms with E-state index in [4.69, 9.17) is 0 Å². The van der Waals surface area contributed by atoms with Gasteiger partial charge in [-0.25, -0.2) is 4.79 Å². The van der Waals surface area contributed by atoms with Crippen LogP contribution >= 0.6 is 0 Å². The summed E-state index contributed by atoms with van der Waals surface area (Å²) in [6.07, 6.45) is 4.07. The third kappa shape index (κ3) is 2.17. The summed E-state index contributed by atoms with van der Waals surface area (Å²) in [4.78, 5) is 25.8. The number of carboxylic acid groups (broad SMARTS) is 1. The Morgan fingerprint density at radius 2 is 1.85 bits per heavy atom. The lowest BCUT2D eigenvalue weighted by Gasteiger charge is -2.31. The maximum Gasteiger partial charge on any atom is 0.317 e. The van der Waals surface area contributed by atoms with Gasteiger partial charge in [-0.05, 0) is 50.4 Å². The van der Waals surface area contributed by atoms with Crippen molar-refractivity contribution in [3.63, 3.8) is 0 Å². The number of aliphatic carboxylic acids is 1. The number of carboxylic acids is 1. The molecular weight excluding hydrogens is 256 g/mol. The average molecular weight is 280 g/mol. The molecular formula is C15H24N2O3. The lowest BCUT2D eigenvalue weighted by molar-refractivity contribution is -0.144. The quantitative estimate of drug-likeness (QED) is 0.812. The summed E-state index contributed by atoms with van der Waals surface area (Å²) in [6.45, 7) is 5.01. The first-order valence-electron chi connectivity index (χ1n) is 7.77. The van der Waals surface area contributed by atoms with Crippen LogP contribution in [-0.4, -0.2) is 40.6 Å². The predicted molar refractivity (Wildman–Crippen MR) is 74.2 cm³/mol. The second-order valence-corrected chi connectivity index (χ2v) is 7.01. The molecule has 20 heavy (non-hydrogen) atoms. The van der Waals surface area contributed by atoms with Gasteiger partial charge in [-0.3, -0.25) is 4.79 Å².